The fourth-order valence-corrected chi connectivity index (χ4v) is 3.73. The van der Waals surface area contributed by atoms with E-state index in [4.69, 9.17) is 4.74 Å². The van der Waals surface area contributed by atoms with E-state index in [9.17, 15) is 9.59 Å². The molecule has 0 aliphatic carbocycles. The van der Waals surface area contributed by atoms with E-state index < -0.39 is 0 Å². The summed E-state index contributed by atoms with van der Waals surface area (Å²) in [5.74, 6) is -0.711. The van der Waals surface area contributed by atoms with Crippen molar-refractivity contribution >= 4 is 11.9 Å². The van der Waals surface area contributed by atoms with Crippen LogP contribution in [0, 0.1) is 0 Å². The molecule has 5 nitrogen and oxygen atoms in total. The normalized spacial score (nSPS) is 10.6. The van der Waals surface area contributed by atoms with Crippen molar-refractivity contribution in [1.82, 2.24) is 9.80 Å². The summed E-state index contributed by atoms with van der Waals surface area (Å²) in [5, 5.41) is 0. The minimum atomic E-state index is -0.357. The summed E-state index contributed by atoms with van der Waals surface area (Å²) in [6, 6.07) is 0. The van der Waals surface area contributed by atoms with Crippen molar-refractivity contribution in [1.29, 1.82) is 0 Å². The second kappa shape index (κ2) is 36.1. The largest absolute Gasteiger partial charge is 0.393 e. The summed E-state index contributed by atoms with van der Waals surface area (Å²) in [7, 11) is 4.43. The quantitative estimate of drug-likeness (QED) is 0.0731. The van der Waals surface area contributed by atoms with E-state index in [-0.39, 0.29) is 11.9 Å². The Morgan fingerprint density at radius 3 is 0.974 bits per heavy atom. The number of carbonyl (C=O) groups excluding carboxylic acids is 2. The van der Waals surface area contributed by atoms with E-state index in [2.05, 4.69) is 65.4 Å². The molecule has 0 fully saturated rings. The molecule has 0 aromatic rings. The molecule has 0 atom stereocenters. The molecule has 0 radical (unpaired) electrons. The molecule has 0 unspecified atom stereocenters. The van der Waals surface area contributed by atoms with E-state index in [1.54, 1.807) is 0 Å². The zero-order valence-electron chi connectivity index (χ0n) is 27.4. The topological polar surface area (TPSA) is 49.9 Å². The molecule has 0 saturated heterocycles. The highest BCUT2D eigenvalue weighted by Gasteiger charge is 2.09. The predicted molar refractivity (Wildman–Crippen MR) is 168 cm³/mol. The molecule has 0 aromatic heterocycles. The number of hydrogen-bond acceptors (Lipinski definition) is 5. The highest BCUT2D eigenvalue weighted by Crippen LogP contribution is 2.07. The molecule has 0 saturated carbocycles. The van der Waals surface area contributed by atoms with Crippen LogP contribution in [0.3, 0.4) is 0 Å². The number of carbonyl (C=O) groups is 2. The van der Waals surface area contributed by atoms with Crippen LogP contribution >= 0.6 is 0 Å². The van der Waals surface area contributed by atoms with Crippen LogP contribution in [0.2, 0.25) is 0 Å². The lowest BCUT2D eigenvalue weighted by atomic mass is 10.1. The van der Waals surface area contributed by atoms with Gasteiger partial charge in [-0.3, -0.25) is 9.59 Å². The van der Waals surface area contributed by atoms with E-state index in [1.807, 2.05) is 0 Å². The predicted octanol–water partition coefficient (Wildman–Crippen LogP) is 9.42. The first-order chi connectivity index (χ1) is 18.3. The third-order valence-corrected chi connectivity index (χ3v) is 6.52. The van der Waals surface area contributed by atoms with Crippen molar-refractivity contribution < 1.29 is 14.3 Å². The highest BCUT2D eigenvalue weighted by molar-refractivity contribution is 5.85. The van der Waals surface area contributed by atoms with Crippen molar-refractivity contribution in [2.24, 2.45) is 0 Å². The van der Waals surface area contributed by atoms with Gasteiger partial charge in [-0.2, -0.15) is 0 Å². The molecule has 0 bridgehead atoms. The van der Waals surface area contributed by atoms with Gasteiger partial charge < -0.3 is 14.5 Å². The SMILES string of the molecule is CCCCCCCC(=O)OC(=O)CCCCCC.CCCCN(C)CCCC.CCCCN(C)CCCC. The minimum absolute atomic E-state index is 0.355. The molecule has 0 spiro atoms. The second-order valence-electron chi connectivity index (χ2n) is 10.8. The van der Waals surface area contributed by atoms with E-state index in [1.165, 1.54) is 90.4 Å². The molecular formula is C33H70N2O3. The van der Waals surface area contributed by atoms with Gasteiger partial charge in [0.25, 0.3) is 0 Å². The molecule has 5 heteroatoms. The van der Waals surface area contributed by atoms with Crippen molar-refractivity contribution in [2.75, 3.05) is 40.3 Å². The van der Waals surface area contributed by atoms with Gasteiger partial charge >= 0.3 is 11.9 Å². The van der Waals surface area contributed by atoms with Gasteiger partial charge in [-0.1, -0.05) is 112 Å². The molecule has 0 rings (SSSR count). The van der Waals surface area contributed by atoms with Crippen LogP contribution in [-0.2, 0) is 14.3 Å². The van der Waals surface area contributed by atoms with Crippen LogP contribution in [-0.4, -0.2) is 62.0 Å². The Kier molecular flexibility index (Phi) is 39.4. The van der Waals surface area contributed by atoms with Crippen LogP contribution in [0.1, 0.15) is 164 Å². The molecular weight excluding hydrogens is 472 g/mol. The molecule has 230 valence electrons. The Morgan fingerprint density at radius 1 is 0.421 bits per heavy atom. The van der Waals surface area contributed by atoms with Crippen molar-refractivity contribution in [3.8, 4) is 0 Å². The van der Waals surface area contributed by atoms with Gasteiger partial charge in [0.2, 0.25) is 0 Å². The Morgan fingerprint density at radius 2 is 0.684 bits per heavy atom. The molecule has 0 amide bonds. The van der Waals surface area contributed by atoms with E-state index in [0.717, 1.165) is 44.9 Å². The number of hydrogen-bond donors (Lipinski definition) is 0. The third kappa shape index (κ3) is 39.6. The molecule has 0 aromatic carbocycles. The average Bonchev–Trinajstić information content (AvgIpc) is 2.91. The second-order valence-corrected chi connectivity index (χ2v) is 10.8. The van der Waals surface area contributed by atoms with Gasteiger partial charge in [0, 0.05) is 12.8 Å². The lowest BCUT2D eigenvalue weighted by Gasteiger charge is -2.14. The zero-order chi connectivity index (χ0) is 29.3. The Hall–Kier alpha value is -0.940. The smallest absolute Gasteiger partial charge is 0.313 e. The monoisotopic (exact) mass is 543 g/mol. The maximum atomic E-state index is 11.3. The maximum Gasteiger partial charge on any atom is 0.313 e. The van der Waals surface area contributed by atoms with Crippen LogP contribution in [0.25, 0.3) is 0 Å². The first-order valence-corrected chi connectivity index (χ1v) is 16.4. The van der Waals surface area contributed by atoms with Gasteiger partial charge in [0.05, 0.1) is 0 Å². The van der Waals surface area contributed by atoms with Gasteiger partial charge in [-0.15, -0.1) is 0 Å². The third-order valence-electron chi connectivity index (χ3n) is 6.52. The van der Waals surface area contributed by atoms with Crippen LogP contribution in [0.5, 0.6) is 0 Å². The molecule has 0 N–H and O–H groups in total. The number of nitrogens with zero attached hydrogens (tertiary/aromatic N) is 2. The Bertz CT molecular complexity index is 437. The lowest BCUT2D eigenvalue weighted by Crippen LogP contribution is -2.20. The average molecular weight is 543 g/mol. The number of esters is 2. The van der Waals surface area contributed by atoms with E-state index >= 15 is 0 Å². The fraction of sp³-hybridized carbons (Fsp3) is 0.939. The number of ether oxygens (including phenoxy) is 1. The van der Waals surface area contributed by atoms with Gasteiger partial charge in [-0.25, -0.2) is 0 Å². The Balaban J connectivity index is -0.000000522. The molecule has 38 heavy (non-hydrogen) atoms. The van der Waals surface area contributed by atoms with Crippen LogP contribution < -0.4 is 0 Å². The zero-order valence-corrected chi connectivity index (χ0v) is 27.4. The molecule has 0 heterocycles. The summed E-state index contributed by atoms with van der Waals surface area (Å²) in [6.07, 6.45) is 21.0. The number of unbranched alkanes of at least 4 members (excludes halogenated alkanes) is 11. The summed E-state index contributed by atoms with van der Waals surface area (Å²) in [5.41, 5.74) is 0. The Labute approximate surface area is 239 Å². The van der Waals surface area contributed by atoms with E-state index in [0.29, 0.717) is 12.8 Å². The molecule has 0 aliphatic rings. The van der Waals surface area contributed by atoms with Crippen molar-refractivity contribution in [3.63, 3.8) is 0 Å². The number of rotatable bonds is 23. The summed E-state index contributed by atoms with van der Waals surface area (Å²) in [6.45, 7) is 18.4. The standard InChI is InChI=1S/C15H28O3.2C9H21N/c1-3-5-7-9-11-13-15(17)18-14(16)12-10-8-6-4-2;2*1-4-6-8-10(3)9-7-5-2/h3-13H2,1-2H3;2*4-9H2,1-3H3. The highest BCUT2D eigenvalue weighted by atomic mass is 16.6. The van der Waals surface area contributed by atoms with Crippen LogP contribution in [0.4, 0.5) is 0 Å². The fourth-order valence-electron chi connectivity index (χ4n) is 3.73. The summed E-state index contributed by atoms with van der Waals surface area (Å²) in [4.78, 5) is 27.5. The summed E-state index contributed by atoms with van der Waals surface area (Å²) < 4.78 is 4.76. The van der Waals surface area contributed by atoms with Crippen molar-refractivity contribution in [2.45, 2.75) is 164 Å². The van der Waals surface area contributed by atoms with Crippen molar-refractivity contribution in [3.05, 3.63) is 0 Å². The first kappa shape index (κ1) is 41.5. The van der Waals surface area contributed by atoms with Gasteiger partial charge in [0.1, 0.15) is 0 Å². The van der Waals surface area contributed by atoms with Crippen LogP contribution in [0.15, 0.2) is 0 Å². The van der Waals surface area contributed by atoms with Gasteiger partial charge in [-0.05, 0) is 78.8 Å². The lowest BCUT2D eigenvalue weighted by molar-refractivity contribution is -0.159. The summed E-state index contributed by atoms with van der Waals surface area (Å²) >= 11 is 0. The molecule has 0 aliphatic heterocycles. The first-order valence-electron chi connectivity index (χ1n) is 16.4. The van der Waals surface area contributed by atoms with Gasteiger partial charge in [0.15, 0.2) is 0 Å². The maximum absolute atomic E-state index is 11.3. The minimum Gasteiger partial charge on any atom is -0.393 e.